The van der Waals surface area contributed by atoms with Crippen LogP contribution in [0.5, 0.6) is 0 Å². The van der Waals surface area contributed by atoms with Crippen LogP contribution in [0.4, 0.5) is 0 Å². The first kappa shape index (κ1) is 69.1. The normalized spacial score (nSPS) is 12.8. The second-order valence-electron chi connectivity index (χ2n) is 21.7. The minimum absolute atomic E-state index is 0.00228. The number of carbonyl (C=O) groups excluding carboxylic acids is 2. The Hall–Kier alpha value is -1.92. The smallest absolute Gasteiger partial charge is 0.305 e. The fourth-order valence-electron chi connectivity index (χ4n) is 9.78. The molecule has 0 heterocycles. The van der Waals surface area contributed by atoms with E-state index in [1.165, 1.54) is 257 Å². The minimum Gasteiger partial charge on any atom is -0.466 e. The van der Waals surface area contributed by atoms with E-state index in [0.29, 0.717) is 25.9 Å². The van der Waals surface area contributed by atoms with E-state index in [2.05, 4.69) is 55.6 Å². The van der Waals surface area contributed by atoms with Crippen LogP contribution in [-0.2, 0) is 14.3 Å². The topological polar surface area (TPSA) is 95.9 Å². The van der Waals surface area contributed by atoms with Crippen LogP contribution in [-0.4, -0.2) is 47.4 Å². The standard InChI is InChI=1S/C65H123NO5/c1-3-5-7-9-11-13-15-16-17-33-36-39-43-47-51-55-59-65(70)71-60-56-52-48-44-40-37-34-31-29-27-25-23-21-19-18-20-22-24-26-28-30-32-35-38-42-46-50-54-58-64(69)66-62(61-67)63(68)57-53-49-45-41-14-12-10-8-6-4-2/h13,15,17-19,33,62-63,67-68H,3-12,14,16,20-32,34-61H2,1-2H3,(H,66,69)/b15-13-,19-18-,33-17-. The van der Waals surface area contributed by atoms with Gasteiger partial charge >= 0.3 is 5.97 Å². The SMILES string of the molecule is CCCCCC/C=C\C/C=C\CCCCCCCC(=O)OCCCCCCCCCCCCCC/C=C\CCCCCCCCCCCCCCC(=O)NC(CO)C(O)CCCCCCCCCCCC. The van der Waals surface area contributed by atoms with Crippen molar-refractivity contribution in [1.82, 2.24) is 5.32 Å². The number of rotatable bonds is 59. The Morgan fingerprint density at radius 2 is 0.704 bits per heavy atom. The predicted molar refractivity (Wildman–Crippen MR) is 310 cm³/mol. The van der Waals surface area contributed by atoms with Crippen LogP contribution in [0.25, 0.3) is 0 Å². The quantitative estimate of drug-likeness (QED) is 0.0321. The molecule has 0 radical (unpaired) electrons. The summed E-state index contributed by atoms with van der Waals surface area (Å²) in [5.74, 6) is -0.0337. The van der Waals surface area contributed by atoms with E-state index >= 15 is 0 Å². The minimum atomic E-state index is -0.662. The highest BCUT2D eigenvalue weighted by Gasteiger charge is 2.20. The molecule has 0 aromatic heterocycles. The average Bonchev–Trinajstić information content (AvgIpc) is 3.37. The Kier molecular flexibility index (Phi) is 59.0. The van der Waals surface area contributed by atoms with E-state index < -0.39 is 12.1 Å². The van der Waals surface area contributed by atoms with Gasteiger partial charge in [-0.05, 0) is 83.5 Å². The van der Waals surface area contributed by atoms with E-state index in [1.54, 1.807) is 0 Å². The molecule has 0 spiro atoms. The molecule has 0 rings (SSSR count). The molecule has 0 aliphatic heterocycles. The van der Waals surface area contributed by atoms with Crippen LogP contribution in [0.3, 0.4) is 0 Å². The lowest BCUT2D eigenvalue weighted by molar-refractivity contribution is -0.143. The molecule has 1 amide bonds. The summed E-state index contributed by atoms with van der Waals surface area (Å²) in [6.45, 7) is 4.93. The van der Waals surface area contributed by atoms with E-state index in [1.807, 2.05) is 0 Å². The first-order valence-electron chi connectivity index (χ1n) is 31.7. The highest BCUT2D eigenvalue weighted by Crippen LogP contribution is 2.17. The maximum absolute atomic E-state index is 12.4. The Balaban J connectivity index is 3.36. The average molecular weight is 999 g/mol. The molecule has 2 unspecified atom stereocenters. The summed E-state index contributed by atoms with van der Waals surface area (Å²) >= 11 is 0. The van der Waals surface area contributed by atoms with Crippen molar-refractivity contribution in [1.29, 1.82) is 0 Å². The van der Waals surface area contributed by atoms with Gasteiger partial charge in [-0.15, -0.1) is 0 Å². The lowest BCUT2D eigenvalue weighted by Gasteiger charge is -2.22. The van der Waals surface area contributed by atoms with Crippen molar-refractivity contribution in [3.05, 3.63) is 36.5 Å². The number of allylic oxidation sites excluding steroid dienone is 6. The van der Waals surface area contributed by atoms with E-state index in [9.17, 15) is 19.8 Å². The molecule has 0 aromatic carbocycles. The third-order valence-corrected chi connectivity index (χ3v) is 14.7. The molecule has 6 nitrogen and oxygen atoms in total. The molecule has 0 aromatic rings. The van der Waals surface area contributed by atoms with Crippen molar-refractivity contribution < 1.29 is 24.5 Å². The third-order valence-electron chi connectivity index (χ3n) is 14.7. The summed E-state index contributed by atoms with van der Waals surface area (Å²) < 4.78 is 5.48. The maximum atomic E-state index is 12.4. The van der Waals surface area contributed by atoms with E-state index in [-0.39, 0.29) is 18.5 Å². The Morgan fingerprint density at radius 1 is 0.394 bits per heavy atom. The summed E-state index contributed by atoms with van der Waals surface area (Å²) in [5, 5.41) is 23.2. The summed E-state index contributed by atoms with van der Waals surface area (Å²) in [5.41, 5.74) is 0. The van der Waals surface area contributed by atoms with Gasteiger partial charge < -0.3 is 20.3 Å². The number of ether oxygens (including phenoxy) is 1. The second kappa shape index (κ2) is 60.6. The van der Waals surface area contributed by atoms with Crippen LogP contribution in [0.2, 0.25) is 0 Å². The number of nitrogens with one attached hydrogen (secondary N) is 1. The van der Waals surface area contributed by atoms with Gasteiger partial charge in [0.25, 0.3) is 0 Å². The number of hydrogen-bond donors (Lipinski definition) is 3. The molecule has 418 valence electrons. The molecule has 6 heteroatoms. The first-order valence-corrected chi connectivity index (χ1v) is 31.7. The van der Waals surface area contributed by atoms with Gasteiger partial charge in [0.05, 0.1) is 25.4 Å². The van der Waals surface area contributed by atoms with Crippen molar-refractivity contribution in [2.45, 2.75) is 353 Å². The van der Waals surface area contributed by atoms with Crippen LogP contribution in [0.15, 0.2) is 36.5 Å². The molecule has 71 heavy (non-hydrogen) atoms. The van der Waals surface area contributed by atoms with E-state index in [0.717, 1.165) is 51.4 Å². The van der Waals surface area contributed by atoms with Gasteiger partial charge in [0.15, 0.2) is 0 Å². The Morgan fingerprint density at radius 3 is 1.10 bits per heavy atom. The van der Waals surface area contributed by atoms with Gasteiger partial charge in [-0.2, -0.15) is 0 Å². The van der Waals surface area contributed by atoms with Crippen molar-refractivity contribution in [2.75, 3.05) is 13.2 Å². The van der Waals surface area contributed by atoms with Crippen molar-refractivity contribution in [3.8, 4) is 0 Å². The molecule has 2 atom stereocenters. The number of hydrogen-bond acceptors (Lipinski definition) is 5. The number of aliphatic hydroxyl groups excluding tert-OH is 2. The third kappa shape index (κ3) is 57.2. The lowest BCUT2D eigenvalue weighted by atomic mass is 10.0. The van der Waals surface area contributed by atoms with Crippen LogP contribution in [0.1, 0.15) is 341 Å². The first-order chi connectivity index (χ1) is 35.0. The highest BCUT2D eigenvalue weighted by molar-refractivity contribution is 5.76. The highest BCUT2D eigenvalue weighted by atomic mass is 16.5. The Labute approximate surface area is 443 Å². The zero-order valence-electron chi connectivity index (χ0n) is 47.7. The summed E-state index contributed by atoms with van der Waals surface area (Å²) in [6, 6.07) is -0.540. The zero-order valence-corrected chi connectivity index (χ0v) is 47.7. The summed E-state index contributed by atoms with van der Waals surface area (Å²) in [7, 11) is 0. The van der Waals surface area contributed by atoms with Crippen molar-refractivity contribution in [2.24, 2.45) is 0 Å². The molecule has 3 N–H and O–H groups in total. The fourth-order valence-corrected chi connectivity index (χ4v) is 9.78. The van der Waals surface area contributed by atoms with Gasteiger partial charge in [0.2, 0.25) is 5.91 Å². The van der Waals surface area contributed by atoms with Gasteiger partial charge in [-0.1, -0.05) is 281 Å². The van der Waals surface area contributed by atoms with Gasteiger partial charge in [0.1, 0.15) is 0 Å². The largest absolute Gasteiger partial charge is 0.466 e. The monoisotopic (exact) mass is 998 g/mol. The molecular formula is C65H123NO5. The van der Waals surface area contributed by atoms with Crippen LogP contribution in [0, 0.1) is 0 Å². The van der Waals surface area contributed by atoms with Gasteiger partial charge in [0, 0.05) is 12.8 Å². The molecule has 0 aliphatic rings. The summed E-state index contributed by atoms with van der Waals surface area (Å²) in [4.78, 5) is 24.5. The number of amides is 1. The van der Waals surface area contributed by atoms with E-state index in [4.69, 9.17) is 4.74 Å². The number of carbonyl (C=O) groups is 2. The molecular weight excluding hydrogens is 875 g/mol. The van der Waals surface area contributed by atoms with Crippen LogP contribution < -0.4 is 5.32 Å². The van der Waals surface area contributed by atoms with Gasteiger partial charge in [-0.25, -0.2) is 0 Å². The predicted octanol–water partition coefficient (Wildman–Crippen LogP) is 20.0. The van der Waals surface area contributed by atoms with Crippen LogP contribution >= 0.6 is 0 Å². The summed E-state index contributed by atoms with van der Waals surface area (Å²) in [6.07, 6.45) is 76.0. The molecule has 0 aliphatic carbocycles. The second-order valence-corrected chi connectivity index (χ2v) is 21.7. The maximum Gasteiger partial charge on any atom is 0.305 e. The molecule has 0 fully saturated rings. The lowest BCUT2D eigenvalue weighted by Crippen LogP contribution is -2.45. The molecule has 0 saturated carbocycles. The molecule has 0 bridgehead atoms. The fraction of sp³-hybridized carbons (Fsp3) is 0.877. The number of esters is 1. The van der Waals surface area contributed by atoms with Gasteiger partial charge in [-0.3, -0.25) is 9.59 Å². The van der Waals surface area contributed by atoms with Crippen molar-refractivity contribution in [3.63, 3.8) is 0 Å². The molecule has 0 saturated heterocycles. The number of aliphatic hydroxyl groups is 2. The zero-order chi connectivity index (χ0) is 51.4. The Bertz CT molecular complexity index is 1150. The van der Waals surface area contributed by atoms with Crippen molar-refractivity contribution >= 4 is 11.9 Å². The number of unbranched alkanes of at least 4 members (excludes halogenated alkanes) is 42.